The third-order valence-electron chi connectivity index (χ3n) is 4.81. The Bertz CT molecular complexity index is 727. The number of halogens is 1. The van der Waals surface area contributed by atoms with Gasteiger partial charge in [0.2, 0.25) is 0 Å². The zero-order valence-corrected chi connectivity index (χ0v) is 13.2. The van der Waals surface area contributed by atoms with Gasteiger partial charge in [-0.05, 0) is 49.1 Å². The number of nitrogens with zero attached hydrogens (tertiary/aromatic N) is 1. The van der Waals surface area contributed by atoms with E-state index < -0.39 is 12.0 Å². The van der Waals surface area contributed by atoms with Gasteiger partial charge in [0, 0.05) is 23.1 Å². The maximum atomic E-state index is 11.7. The Hall–Kier alpha value is -1.72. The first-order chi connectivity index (χ1) is 10.2. The molecular formula is C16H19ClN2O3. The highest BCUT2D eigenvalue weighted by molar-refractivity contribution is 5.90. The van der Waals surface area contributed by atoms with Gasteiger partial charge in [-0.3, -0.25) is 9.69 Å². The predicted octanol–water partition coefficient (Wildman–Crippen LogP) is 2.92. The minimum atomic E-state index is -0.768. The number of hydrogen-bond acceptors (Lipinski definition) is 3. The molecule has 1 saturated heterocycles. The van der Waals surface area contributed by atoms with Crippen molar-refractivity contribution in [3.63, 3.8) is 0 Å². The van der Waals surface area contributed by atoms with E-state index in [0.29, 0.717) is 5.92 Å². The Morgan fingerprint density at radius 2 is 2.27 bits per heavy atom. The molecule has 1 unspecified atom stereocenters. The van der Waals surface area contributed by atoms with Crippen molar-refractivity contribution in [2.24, 2.45) is 0 Å². The third kappa shape index (κ3) is 2.08. The highest BCUT2D eigenvalue weighted by atomic mass is 35.5. The summed E-state index contributed by atoms with van der Waals surface area (Å²) in [6, 6.07) is 5.36. The van der Waals surface area contributed by atoms with E-state index >= 15 is 0 Å². The van der Waals surface area contributed by atoms with E-state index in [1.165, 1.54) is 5.56 Å². The van der Waals surface area contributed by atoms with Crippen LogP contribution in [0.15, 0.2) is 18.2 Å². The number of aromatic nitrogens is 1. The van der Waals surface area contributed by atoms with Crippen molar-refractivity contribution in [3.8, 4) is 5.75 Å². The number of methoxy groups -OCH3 is 1. The number of rotatable bonds is 2. The zero-order valence-electron chi connectivity index (χ0n) is 12.3. The van der Waals surface area contributed by atoms with Crippen LogP contribution in [0.2, 0.25) is 0 Å². The summed E-state index contributed by atoms with van der Waals surface area (Å²) in [7, 11) is 1.66. The maximum absolute atomic E-state index is 11.7. The first-order valence-corrected chi connectivity index (χ1v) is 7.35. The summed E-state index contributed by atoms with van der Waals surface area (Å²) in [5.74, 6) is 0.467. The largest absolute Gasteiger partial charge is 0.497 e. The molecule has 2 aliphatic rings. The average molecular weight is 323 g/mol. The van der Waals surface area contributed by atoms with Crippen molar-refractivity contribution in [2.75, 3.05) is 20.2 Å². The Morgan fingerprint density at radius 3 is 3.00 bits per heavy atom. The third-order valence-corrected chi connectivity index (χ3v) is 4.81. The molecule has 2 aromatic rings. The second-order valence-corrected chi connectivity index (χ2v) is 5.94. The van der Waals surface area contributed by atoms with Crippen LogP contribution in [0.1, 0.15) is 36.1 Å². The molecule has 2 N–H and O–H groups in total. The van der Waals surface area contributed by atoms with Crippen molar-refractivity contribution in [1.82, 2.24) is 9.88 Å². The number of ether oxygens (including phenoxy) is 1. The number of carboxylic acids is 1. The number of aromatic amines is 1. The molecule has 1 fully saturated rings. The van der Waals surface area contributed by atoms with E-state index in [1.54, 1.807) is 7.11 Å². The molecular weight excluding hydrogens is 304 g/mol. The standard InChI is InChI=1S/C16H18N2O3.ClH/c1-21-10-4-5-12-11(7-10)13-9-3-2-6-18(8-9)15(16(19)20)14(13)17-12;/h4-5,7,9,15,17H,2-3,6,8H2,1H3,(H,19,20);1H/t9-,15+;/m0./s1. The van der Waals surface area contributed by atoms with Crippen molar-refractivity contribution < 1.29 is 14.6 Å². The molecule has 3 heterocycles. The molecule has 2 aliphatic heterocycles. The van der Waals surface area contributed by atoms with E-state index in [-0.39, 0.29) is 12.4 Å². The summed E-state index contributed by atoms with van der Waals surface area (Å²) < 4.78 is 5.32. The highest BCUT2D eigenvalue weighted by Crippen LogP contribution is 2.45. The van der Waals surface area contributed by atoms with Gasteiger partial charge in [0.25, 0.3) is 0 Å². The lowest BCUT2D eigenvalue weighted by Gasteiger charge is -2.41. The van der Waals surface area contributed by atoms with Crippen LogP contribution in [-0.4, -0.2) is 41.2 Å². The Morgan fingerprint density at radius 1 is 1.45 bits per heavy atom. The predicted molar refractivity (Wildman–Crippen MR) is 86.0 cm³/mol. The monoisotopic (exact) mass is 322 g/mol. The quantitative estimate of drug-likeness (QED) is 0.892. The van der Waals surface area contributed by atoms with Crippen LogP contribution in [0.4, 0.5) is 0 Å². The second kappa shape index (κ2) is 5.48. The topological polar surface area (TPSA) is 65.6 Å². The summed E-state index contributed by atoms with van der Waals surface area (Å²) in [6.45, 7) is 1.71. The first-order valence-electron chi connectivity index (χ1n) is 7.35. The number of hydrogen-bond donors (Lipinski definition) is 2. The average Bonchev–Trinajstić information content (AvgIpc) is 2.85. The van der Waals surface area contributed by atoms with E-state index in [1.807, 2.05) is 18.2 Å². The number of aliphatic carboxylic acids is 1. The highest BCUT2D eigenvalue weighted by Gasteiger charge is 2.41. The van der Waals surface area contributed by atoms with E-state index in [0.717, 1.165) is 48.3 Å². The van der Waals surface area contributed by atoms with Gasteiger partial charge in [0.1, 0.15) is 11.8 Å². The molecule has 0 amide bonds. The normalized spacial score (nSPS) is 26.1. The summed E-state index contributed by atoms with van der Waals surface area (Å²) in [6.07, 6.45) is 2.19. The van der Waals surface area contributed by atoms with Gasteiger partial charge < -0.3 is 14.8 Å². The second-order valence-electron chi connectivity index (χ2n) is 5.94. The Balaban J connectivity index is 0.00000144. The lowest BCUT2D eigenvalue weighted by atomic mass is 9.82. The number of benzene rings is 1. The van der Waals surface area contributed by atoms with Gasteiger partial charge in [0.05, 0.1) is 7.11 Å². The lowest BCUT2D eigenvalue weighted by Crippen LogP contribution is -2.44. The SMILES string of the molecule is COc1ccc2[nH]c3c(c2c1)[C@H]1CCCN(C1)[C@H]3C(=O)O.Cl. The molecule has 1 aromatic carbocycles. The molecule has 0 saturated carbocycles. The summed E-state index contributed by atoms with van der Waals surface area (Å²) in [5.41, 5.74) is 3.05. The van der Waals surface area contributed by atoms with Gasteiger partial charge in [-0.1, -0.05) is 0 Å². The number of carboxylic acid groups (broad SMARTS) is 1. The Labute approximate surface area is 134 Å². The fraction of sp³-hybridized carbons (Fsp3) is 0.438. The molecule has 6 heteroatoms. The fourth-order valence-corrected chi connectivity index (χ4v) is 3.93. The Kier molecular flexibility index (Phi) is 3.78. The van der Waals surface area contributed by atoms with E-state index in [9.17, 15) is 9.90 Å². The minimum Gasteiger partial charge on any atom is -0.497 e. The molecule has 2 bridgehead atoms. The summed E-state index contributed by atoms with van der Waals surface area (Å²) >= 11 is 0. The van der Waals surface area contributed by atoms with Crippen molar-refractivity contribution in [3.05, 3.63) is 29.5 Å². The number of carbonyl (C=O) groups is 1. The van der Waals surface area contributed by atoms with Gasteiger partial charge in [-0.15, -0.1) is 12.4 Å². The van der Waals surface area contributed by atoms with Gasteiger partial charge in [-0.2, -0.15) is 0 Å². The summed E-state index contributed by atoms with van der Waals surface area (Å²) in [4.78, 5) is 17.2. The van der Waals surface area contributed by atoms with Gasteiger partial charge >= 0.3 is 5.97 Å². The molecule has 0 aliphatic carbocycles. The number of H-pyrrole nitrogens is 1. The summed E-state index contributed by atoms with van der Waals surface area (Å²) in [5, 5.41) is 10.7. The fourth-order valence-electron chi connectivity index (χ4n) is 3.93. The molecule has 1 aromatic heterocycles. The van der Waals surface area contributed by atoms with Crippen LogP contribution in [0, 0.1) is 0 Å². The van der Waals surface area contributed by atoms with Crippen LogP contribution in [0.5, 0.6) is 5.75 Å². The molecule has 118 valence electrons. The van der Waals surface area contributed by atoms with Gasteiger partial charge in [0.15, 0.2) is 0 Å². The van der Waals surface area contributed by atoms with Crippen LogP contribution >= 0.6 is 12.4 Å². The van der Waals surface area contributed by atoms with Crippen molar-refractivity contribution >= 4 is 29.3 Å². The van der Waals surface area contributed by atoms with Crippen LogP contribution in [-0.2, 0) is 4.79 Å². The first kappa shape index (κ1) is 15.2. The molecule has 3 atom stereocenters. The molecule has 5 nitrogen and oxygen atoms in total. The maximum Gasteiger partial charge on any atom is 0.327 e. The van der Waals surface area contributed by atoms with Crippen LogP contribution in [0.25, 0.3) is 10.9 Å². The number of fused-ring (bicyclic) bond motifs is 6. The molecule has 0 radical (unpaired) electrons. The van der Waals surface area contributed by atoms with Crippen molar-refractivity contribution in [2.45, 2.75) is 24.8 Å². The van der Waals surface area contributed by atoms with Crippen molar-refractivity contribution in [1.29, 1.82) is 0 Å². The molecule has 4 rings (SSSR count). The molecule has 0 spiro atoms. The van der Waals surface area contributed by atoms with Crippen LogP contribution in [0.3, 0.4) is 0 Å². The van der Waals surface area contributed by atoms with E-state index in [4.69, 9.17) is 4.74 Å². The lowest BCUT2D eigenvalue weighted by molar-refractivity contribution is -0.144. The number of piperidine rings is 1. The zero-order chi connectivity index (χ0) is 14.6. The number of nitrogens with one attached hydrogen (secondary N) is 1. The van der Waals surface area contributed by atoms with Gasteiger partial charge in [-0.25, -0.2) is 0 Å². The smallest absolute Gasteiger partial charge is 0.327 e. The van der Waals surface area contributed by atoms with E-state index in [2.05, 4.69) is 9.88 Å². The minimum absolute atomic E-state index is 0. The van der Waals surface area contributed by atoms with Crippen LogP contribution < -0.4 is 4.74 Å². The molecule has 22 heavy (non-hydrogen) atoms.